The van der Waals surface area contributed by atoms with Gasteiger partial charge in [-0.1, -0.05) is 11.6 Å². The number of rotatable bonds is 2. The maximum absolute atomic E-state index is 5.81. The Hall–Kier alpha value is -0.480. The number of nitrogens with zero attached hydrogens (tertiary/aromatic N) is 1. The predicted octanol–water partition coefficient (Wildman–Crippen LogP) is 2.78. The van der Waals surface area contributed by atoms with Crippen molar-refractivity contribution in [1.82, 2.24) is 15.3 Å². The molecule has 0 bridgehead atoms. The second-order valence-electron chi connectivity index (χ2n) is 2.92. The minimum Gasteiger partial charge on any atom is -0.342 e. The Kier molecular flexibility index (Phi) is 5.98. The zero-order valence-corrected chi connectivity index (χ0v) is 10.5. The quantitative estimate of drug-likeness (QED) is 0.879. The molecule has 15 heavy (non-hydrogen) atoms. The van der Waals surface area contributed by atoms with E-state index in [9.17, 15) is 0 Å². The van der Waals surface area contributed by atoms with E-state index in [0.717, 1.165) is 23.3 Å². The van der Waals surface area contributed by atoms with Crippen molar-refractivity contribution in [3.05, 3.63) is 29.0 Å². The van der Waals surface area contributed by atoms with E-state index in [1.807, 2.05) is 19.2 Å². The van der Waals surface area contributed by atoms with Crippen LogP contribution in [-0.4, -0.2) is 17.0 Å². The van der Waals surface area contributed by atoms with Crippen molar-refractivity contribution < 1.29 is 0 Å². The summed E-state index contributed by atoms with van der Waals surface area (Å²) in [6, 6.07) is 3.95. The smallest absolute Gasteiger partial charge is 0.137 e. The van der Waals surface area contributed by atoms with Crippen molar-refractivity contribution in [3.63, 3.8) is 0 Å². The molecule has 0 spiro atoms. The van der Waals surface area contributed by atoms with Gasteiger partial charge >= 0.3 is 0 Å². The fourth-order valence-corrected chi connectivity index (χ4v) is 1.50. The molecule has 0 aliphatic carbocycles. The van der Waals surface area contributed by atoms with Crippen molar-refractivity contribution in [1.29, 1.82) is 0 Å². The number of fused-ring (bicyclic) bond motifs is 1. The molecule has 2 aromatic rings. The molecule has 0 fully saturated rings. The molecule has 0 unspecified atom stereocenters. The summed E-state index contributed by atoms with van der Waals surface area (Å²) in [4.78, 5) is 7.36. The van der Waals surface area contributed by atoms with Crippen molar-refractivity contribution in [2.45, 2.75) is 6.54 Å². The lowest BCUT2D eigenvalue weighted by Gasteiger charge is -1.91. The van der Waals surface area contributed by atoms with E-state index >= 15 is 0 Å². The van der Waals surface area contributed by atoms with Crippen molar-refractivity contribution in [3.8, 4) is 0 Å². The number of aromatic amines is 1. The Balaban J connectivity index is 0.000000980. The van der Waals surface area contributed by atoms with Crippen LogP contribution in [0.5, 0.6) is 0 Å². The molecule has 2 aromatic heterocycles. The van der Waals surface area contributed by atoms with Gasteiger partial charge in [0.05, 0.1) is 5.02 Å². The van der Waals surface area contributed by atoms with E-state index in [0.29, 0.717) is 5.02 Å². The van der Waals surface area contributed by atoms with Crippen LogP contribution in [0.4, 0.5) is 0 Å². The monoisotopic (exact) mass is 267 g/mol. The third kappa shape index (κ3) is 3.24. The Morgan fingerprint density at radius 1 is 1.40 bits per heavy atom. The van der Waals surface area contributed by atoms with E-state index in [-0.39, 0.29) is 24.8 Å². The first-order chi connectivity index (χ1) is 6.29. The van der Waals surface area contributed by atoms with Gasteiger partial charge in [-0.2, -0.15) is 0 Å². The Labute approximate surface area is 105 Å². The van der Waals surface area contributed by atoms with Gasteiger partial charge in [-0.15, -0.1) is 24.8 Å². The van der Waals surface area contributed by atoms with Crippen LogP contribution < -0.4 is 5.32 Å². The number of H-pyrrole nitrogens is 1. The fourth-order valence-electron chi connectivity index (χ4n) is 1.33. The number of pyridine rings is 1. The van der Waals surface area contributed by atoms with E-state index in [2.05, 4.69) is 15.3 Å². The summed E-state index contributed by atoms with van der Waals surface area (Å²) < 4.78 is 0. The summed E-state index contributed by atoms with van der Waals surface area (Å²) in [6.07, 6.45) is 1.64. The summed E-state index contributed by atoms with van der Waals surface area (Å²) in [5, 5.41) is 4.79. The summed E-state index contributed by atoms with van der Waals surface area (Å²) in [5.74, 6) is 0. The summed E-state index contributed by atoms with van der Waals surface area (Å²) in [5.41, 5.74) is 2.00. The van der Waals surface area contributed by atoms with Crippen LogP contribution in [0.25, 0.3) is 11.0 Å². The predicted molar refractivity (Wildman–Crippen MR) is 68.4 cm³/mol. The number of hydrogen-bond donors (Lipinski definition) is 2. The molecule has 0 saturated heterocycles. The molecule has 0 aliphatic heterocycles. The van der Waals surface area contributed by atoms with Crippen LogP contribution in [-0.2, 0) is 6.54 Å². The molecule has 0 amide bonds. The lowest BCUT2D eigenvalue weighted by atomic mass is 10.3. The van der Waals surface area contributed by atoms with Crippen LogP contribution in [0.2, 0.25) is 5.02 Å². The molecule has 0 radical (unpaired) electrons. The standard InChI is InChI=1S/C9H10ClN3.2ClH/c1-11-5-8-3-6-2-7(10)4-12-9(6)13-8;;/h2-4,11H,5H2,1H3,(H,12,13);2*1H. The zero-order valence-electron chi connectivity index (χ0n) is 8.08. The van der Waals surface area contributed by atoms with Crippen LogP contribution >= 0.6 is 36.4 Å². The highest BCUT2D eigenvalue weighted by Crippen LogP contribution is 2.17. The van der Waals surface area contributed by atoms with Crippen LogP contribution in [0.15, 0.2) is 18.3 Å². The van der Waals surface area contributed by atoms with E-state index in [1.54, 1.807) is 6.20 Å². The number of halogens is 3. The lowest BCUT2D eigenvalue weighted by molar-refractivity contribution is 0.799. The topological polar surface area (TPSA) is 40.7 Å². The van der Waals surface area contributed by atoms with Gasteiger partial charge in [0.2, 0.25) is 0 Å². The van der Waals surface area contributed by atoms with Crippen LogP contribution in [0.1, 0.15) is 5.69 Å². The maximum Gasteiger partial charge on any atom is 0.137 e. The molecule has 0 aromatic carbocycles. The average Bonchev–Trinajstić information content (AvgIpc) is 2.46. The van der Waals surface area contributed by atoms with E-state index in [1.165, 1.54) is 0 Å². The van der Waals surface area contributed by atoms with Gasteiger partial charge in [-0.25, -0.2) is 4.98 Å². The van der Waals surface area contributed by atoms with Gasteiger partial charge in [-0.3, -0.25) is 0 Å². The van der Waals surface area contributed by atoms with Gasteiger partial charge in [-0.05, 0) is 19.2 Å². The largest absolute Gasteiger partial charge is 0.342 e. The van der Waals surface area contributed by atoms with E-state index in [4.69, 9.17) is 11.6 Å². The molecular formula is C9H12Cl3N3. The second kappa shape index (κ2) is 6.18. The number of hydrogen-bond acceptors (Lipinski definition) is 2. The Bertz CT molecular complexity index is 427. The molecule has 0 saturated carbocycles. The highest BCUT2D eigenvalue weighted by Gasteiger charge is 2.00. The molecule has 2 N–H and O–H groups in total. The second-order valence-corrected chi connectivity index (χ2v) is 3.35. The summed E-state index contributed by atoms with van der Waals surface area (Å²) in [6.45, 7) is 0.813. The molecule has 0 atom stereocenters. The van der Waals surface area contributed by atoms with Gasteiger partial charge in [0.25, 0.3) is 0 Å². The first-order valence-electron chi connectivity index (χ1n) is 4.07. The van der Waals surface area contributed by atoms with Crippen LogP contribution in [0.3, 0.4) is 0 Å². The molecule has 84 valence electrons. The maximum atomic E-state index is 5.81. The average molecular weight is 269 g/mol. The fraction of sp³-hybridized carbons (Fsp3) is 0.222. The SMILES string of the molecule is CNCc1cc2cc(Cl)cnc2[nH]1.Cl.Cl. The third-order valence-electron chi connectivity index (χ3n) is 1.86. The normalized spacial score (nSPS) is 9.47. The minimum absolute atomic E-state index is 0. The molecule has 6 heteroatoms. The first kappa shape index (κ1) is 14.5. The molecule has 2 heterocycles. The molecule has 0 aliphatic rings. The van der Waals surface area contributed by atoms with Crippen LogP contribution in [0, 0.1) is 0 Å². The van der Waals surface area contributed by atoms with Gasteiger partial charge < -0.3 is 10.3 Å². The van der Waals surface area contributed by atoms with Gasteiger partial charge in [0, 0.05) is 23.8 Å². The van der Waals surface area contributed by atoms with Crippen molar-refractivity contribution in [2.24, 2.45) is 0 Å². The third-order valence-corrected chi connectivity index (χ3v) is 2.07. The Morgan fingerprint density at radius 3 is 2.80 bits per heavy atom. The molecular weight excluding hydrogens is 256 g/mol. The highest BCUT2D eigenvalue weighted by atomic mass is 35.5. The van der Waals surface area contributed by atoms with E-state index < -0.39 is 0 Å². The number of nitrogens with one attached hydrogen (secondary N) is 2. The lowest BCUT2D eigenvalue weighted by Crippen LogP contribution is -2.04. The Morgan fingerprint density at radius 2 is 2.13 bits per heavy atom. The zero-order chi connectivity index (χ0) is 9.26. The highest BCUT2D eigenvalue weighted by molar-refractivity contribution is 6.31. The number of aromatic nitrogens is 2. The molecule has 3 nitrogen and oxygen atoms in total. The van der Waals surface area contributed by atoms with Crippen molar-refractivity contribution in [2.75, 3.05) is 7.05 Å². The van der Waals surface area contributed by atoms with Crippen molar-refractivity contribution >= 4 is 47.4 Å². The van der Waals surface area contributed by atoms with Gasteiger partial charge in [0.1, 0.15) is 5.65 Å². The summed E-state index contributed by atoms with van der Waals surface area (Å²) >= 11 is 5.81. The summed E-state index contributed by atoms with van der Waals surface area (Å²) in [7, 11) is 1.91. The van der Waals surface area contributed by atoms with Gasteiger partial charge in [0.15, 0.2) is 0 Å². The minimum atomic E-state index is 0. The first-order valence-corrected chi connectivity index (χ1v) is 4.45. The molecule has 2 rings (SSSR count).